The van der Waals surface area contributed by atoms with Crippen molar-refractivity contribution in [1.82, 2.24) is 15.1 Å². The van der Waals surface area contributed by atoms with Crippen molar-refractivity contribution in [2.24, 2.45) is 4.99 Å². The molecule has 6 heteroatoms. The van der Waals surface area contributed by atoms with Gasteiger partial charge in [0.1, 0.15) is 11.9 Å². The highest BCUT2D eigenvalue weighted by Crippen LogP contribution is 2.18. The predicted molar refractivity (Wildman–Crippen MR) is 110 cm³/mol. The molecule has 0 bridgehead atoms. The molecule has 0 radical (unpaired) electrons. The van der Waals surface area contributed by atoms with Gasteiger partial charge >= 0.3 is 0 Å². The second-order valence-electron chi connectivity index (χ2n) is 7.48. The normalized spacial score (nSPS) is 22.7. The van der Waals surface area contributed by atoms with Crippen LogP contribution in [0.1, 0.15) is 25.8 Å². The SMILES string of the molecule is CCNC(=NCC(C)Oc1cccc(C)c1)N1CCC(N2CCOCC2)C1. The zero-order valence-electron chi connectivity index (χ0n) is 17.0. The first kappa shape index (κ1) is 20.0. The molecule has 1 aromatic carbocycles. The summed E-state index contributed by atoms with van der Waals surface area (Å²) in [6.07, 6.45) is 1.23. The van der Waals surface area contributed by atoms with Gasteiger partial charge in [0.15, 0.2) is 5.96 Å². The zero-order valence-corrected chi connectivity index (χ0v) is 17.0. The lowest BCUT2D eigenvalue weighted by molar-refractivity contribution is 0.0195. The first-order valence-corrected chi connectivity index (χ1v) is 10.2. The first-order chi connectivity index (χ1) is 13.2. The molecule has 2 saturated heterocycles. The van der Waals surface area contributed by atoms with E-state index in [9.17, 15) is 0 Å². The van der Waals surface area contributed by atoms with Gasteiger partial charge in [-0.15, -0.1) is 0 Å². The molecule has 2 fully saturated rings. The van der Waals surface area contributed by atoms with Gasteiger partial charge in [-0.2, -0.15) is 0 Å². The molecule has 6 nitrogen and oxygen atoms in total. The third-order valence-corrected chi connectivity index (χ3v) is 5.18. The van der Waals surface area contributed by atoms with E-state index in [0.29, 0.717) is 12.6 Å². The highest BCUT2D eigenvalue weighted by atomic mass is 16.5. The van der Waals surface area contributed by atoms with Crippen LogP contribution < -0.4 is 10.1 Å². The summed E-state index contributed by atoms with van der Waals surface area (Å²) < 4.78 is 11.5. The van der Waals surface area contributed by atoms with Gasteiger partial charge in [0.2, 0.25) is 0 Å². The lowest BCUT2D eigenvalue weighted by Crippen LogP contribution is -2.46. The van der Waals surface area contributed by atoms with Crippen molar-refractivity contribution in [3.8, 4) is 5.75 Å². The Bertz CT molecular complexity index is 616. The summed E-state index contributed by atoms with van der Waals surface area (Å²) in [6.45, 7) is 13.7. The number of morpholine rings is 1. The maximum Gasteiger partial charge on any atom is 0.194 e. The van der Waals surface area contributed by atoms with E-state index >= 15 is 0 Å². The Hall–Kier alpha value is -1.79. The third kappa shape index (κ3) is 5.84. The minimum Gasteiger partial charge on any atom is -0.489 e. The number of aliphatic imine (C=N–C) groups is 1. The van der Waals surface area contributed by atoms with Gasteiger partial charge < -0.3 is 19.7 Å². The Morgan fingerprint density at radius 2 is 2.15 bits per heavy atom. The number of hydrogen-bond acceptors (Lipinski definition) is 4. The summed E-state index contributed by atoms with van der Waals surface area (Å²) in [5.41, 5.74) is 1.21. The van der Waals surface area contributed by atoms with Crippen LogP contribution in [-0.2, 0) is 4.74 Å². The fraction of sp³-hybridized carbons (Fsp3) is 0.667. The molecule has 2 aliphatic heterocycles. The molecular formula is C21H34N4O2. The maximum absolute atomic E-state index is 6.03. The number of rotatable bonds is 6. The topological polar surface area (TPSA) is 49.3 Å². The molecule has 3 rings (SSSR count). The molecule has 1 aromatic rings. The Morgan fingerprint density at radius 3 is 2.89 bits per heavy atom. The van der Waals surface area contributed by atoms with Crippen molar-refractivity contribution in [2.75, 3.05) is 52.5 Å². The second kappa shape index (κ2) is 9.95. The quantitative estimate of drug-likeness (QED) is 0.611. The monoisotopic (exact) mass is 374 g/mol. The second-order valence-corrected chi connectivity index (χ2v) is 7.48. The number of guanidine groups is 1. The summed E-state index contributed by atoms with van der Waals surface area (Å²) in [4.78, 5) is 9.81. The van der Waals surface area contributed by atoms with E-state index in [2.05, 4.69) is 48.0 Å². The van der Waals surface area contributed by atoms with Crippen LogP contribution in [0.4, 0.5) is 0 Å². The summed E-state index contributed by atoms with van der Waals surface area (Å²) in [5.74, 6) is 1.92. The molecule has 2 aliphatic rings. The fourth-order valence-electron chi connectivity index (χ4n) is 3.77. The molecule has 0 amide bonds. The molecule has 0 spiro atoms. The minimum absolute atomic E-state index is 0.0399. The van der Waals surface area contributed by atoms with Crippen LogP contribution in [0.15, 0.2) is 29.3 Å². The number of likely N-dealkylation sites (tertiary alicyclic amines) is 1. The maximum atomic E-state index is 6.03. The Labute approximate surface area is 163 Å². The molecule has 0 aliphatic carbocycles. The number of aryl methyl sites for hydroxylation is 1. The van der Waals surface area contributed by atoms with Crippen LogP contribution in [0.25, 0.3) is 0 Å². The van der Waals surface area contributed by atoms with E-state index in [1.165, 1.54) is 12.0 Å². The van der Waals surface area contributed by atoms with Crippen molar-refractivity contribution in [3.63, 3.8) is 0 Å². The number of benzene rings is 1. The average Bonchev–Trinajstić information content (AvgIpc) is 3.16. The summed E-state index contributed by atoms with van der Waals surface area (Å²) in [5, 5.41) is 3.45. The summed E-state index contributed by atoms with van der Waals surface area (Å²) in [6, 6.07) is 8.79. The van der Waals surface area contributed by atoms with Crippen LogP contribution in [0, 0.1) is 6.92 Å². The summed E-state index contributed by atoms with van der Waals surface area (Å²) in [7, 11) is 0. The van der Waals surface area contributed by atoms with E-state index in [4.69, 9.17) is 14.5 Å². The molecule has 2 unspecified atom stereocenters. The predicted octanol–water partition coefficient (Wildman–Crippen LogP) is 2.13. The van der Waals surface area contributed by atoms with Crippen molar-refractivity contribution in [1.29, 1.82) is 0 Å². The molecule has 27 heavy (non-hydrogen) atoms. The number of nitrogens with one attached hydrogen (secondary N) is 1. The average molecular weight is 375 g/mol. The highest BCUT2D eigenvalue weighted by Gasteiger charge is 2.30. The van der Waals surface area contributed by atoms with Crippen molar-refractivity contribution in [2.45, 2.75) is 39.3 Å². The van der Waals surface area contributed by atoms with Gasteiger partial charge in [-0.1, -0.05) is 12.1 Å². The van der Waals surface area contributed by atoms with Crippen molar-refractivity contribution >= 4 is 5.96 Å². The standard InChI is InChI=1S/C21H34N4O2/c1-4-22-21(23-15-18(3)27-20-7-5-6-17(2)14-20)25-9-8-19(16-25)24-10-12-26-13-11-24/h5-7,14,18-19H,4,8-13,15-16H2,1-3H3,(H,22,23). The molecule has 2 heterocycles. The molecular weight excluding hydrogens is 340 g/mol. The number of nitrogens with zero attached hydrogens (tertiary/aromatic N) is 3. The molecule has 1 N–H and O–H groups in total. The largest absolute Gasteiger partial charge is 0.489 e. The Morgan fingerprint density at radius 1 is 1.33 bits per heavy atom. The zero-order chi connectivity index (χ0) is 19.1. The van der Waals surface area contributed by atoms with Gasteiger partial charge in [-0.05, 0) is 44.9 Å². The molecule has 0 aromatic heterocycles. The highest BCUT2D eigenvalue weighted by molar-refractivity contribution is 5.80. The molecule has 150 valence electrons. The Balaban J connectivity index is 1.54. The molecule has 0 saturated carbocycles. The van der Waals surface area contributed by atoms with Crippen LogP contribution >= 0.6 is 0 Å². The van der Waals surface area contributed by atoms with Gasteiger partial charge in [0.25, 0.3) is 0 Å². The van der Waals surface area contributed by atoms with Crippen LogP contribution in [0.5, 0.6) is 5.75 Å². The summed E-state index contributed by atoms with van der Waals surface area (Å²) >= 11 is 0. The van der Waals surface area contributed by atoms with Crippen molar-refractivity contribution in [3.05, 3.63) is 29.8 Å². The molecule has 2 atom stereocenters. The lowest BCUT2D eigenvalue weighted by Gasteiger charge is -2.32. The van der Waals surface area contributed by atoms with Gasteiger partial charge in [-0.25, -0.2) is 4.99 Å². The van der Waals surface area contributed by atoms with E-state index in [0.717, 1.165) is 57.6 Å². The van der Waals surface area contributed by atoms with Crippen LogP contribution in [-0.4, -0.2) is 80.4 Å². The van der Waals surface area contributed by atoms with Gasteiger partial charge in [0, 0.05) is 38.8 Å². The lowest BCUT2D eigenvalue weighted by atomic mass is 10.2. The van der Waals surface area contributed by atoms with E-state index in [-0.39, 0.29) is 6.10 Å². The first-order valence-electron chi connectivity index (χ1n) is 10.2. The fourth-order valence-corrected chi connectivity index (χ4v) is 3.77. The van der Waals surface area contributed by atoms with Crippen LogP contribution in [0.3, 0.4) is 0 Å². The van der Waals surface area contributed by atoms with Crippen LogP contribution in [0.2, 0.25) is 0 Å². The Kier molecular flexibility index (Phi) is 7.35. The third-order valence-electron chi connectivity index (χ3n) is 5.18. The smallest absolute Gasteiger partial charge is 0.194 e. The van der Waals surface area contributed by atoms with E-state index in [1.54, 1.807) is 0 Å². The van der Waals surface area contributed by atoms with Gasteiger partial charge in [-0.3, -0.25) is 4.90 Å². The van der Waals surface area contributed by atoms with Crippen molar-refractivity contribution < 1.29 is 9.47 Å². The minimum atomic E-state index is 0.0399. The van der Waals surface area contributed by atoms with Gasteiger partial charge in [0.05, 0.1) is 19.8 Å². The van der Waals surface area contributed by atoms with E-state index in [1.807, 2.05) is 12.1 Å². The number of hydrogen-bond donors (Lipinski definition) is 1. The number of ether oxygens (including phenoxy) is 2. The van der Waals surface area contributed by atoms with E-state index < -0.39 is 0 Å².